The summed E-state index contributed by atoms with van der Waals surface area (Å²) in [7, 11) is 0. The van der Waals surface area contributed by atoms with Crippen molar-refractivity contribution in [3.8, 4) is 0 Å². The Morgan fingerprint density at radius 2 is 1.91 bits per heavy atom. The lowest BCUT2D eigenvalue weighted by atomic mass is 10.2. The van der Waals surface area contributed by atoms with Gasteiger partial charge < -0.3 is 10.6 Å². The van der Waals surface area contributed by atoms with Crippen LogP contribution in [-0.4, -0.2) is 17.4 Å². The lowest BCUT2D eigenvalue weighted by Gasteiger charge is -2.08. The van der Waals surface area contributed by atoms with Gasteiger partial charge in [0.2, 0.25) is 0 Å². The van der Waals surface area contributed by atoms with E-state index in [0.29, 0.717) is 11.3 Å². The van der Waals surface area contributed by atoms with Crippen LogP contribution in [0.3, 0.4) is 0 Å². The largest absolute Gasteiger partial charge is 0.384 e. The Morgan fingerprint density at radius 1 is 1.14 bits per heavy atom. The quantitative estimate of drug-likeness (QED) is 0.758. The molecule has 1 amide bonds. The number of nitrogens with one attached hydrogen (secondary N) is 2. The molecule has 2 aromatic rings. The summed E-state index contributed by atoms with van der Waals surface area (Å²) >= 11 is 0. The van der Waals surface area contributed by atoms with E-state index in [1.807, 2.05) is 0 Å². The highest BCUT2D eigenvalue weighted by Crippen LogP contribution is 2.13. The molecule has 2 N–H and O–H groups in total. The zero-order valence-electron chi connectivity index (χ0n) is 12.6. The molecular weight excluding hydrogens is 281 g/mol. The van der Waals surface area contributed by atoms with E-state index in [9.17, 15) is 9.18 Å². The molecule has 0 saturated heterocycles. The molecule has 1 aromatic heterocycles. The first-order valence-corrected chi connectivity index (χ1v) is 7.45. The SMILES string of the molecule is CCCCCNc1cncc(C(=O)Nc2ccc(F)cc2)c1. The monoisotopic (exact) mass is 301 g/mol. The van der Waals surface area contributed by atoms with E-state index in [2.05, 4.69) is 22.5 Å². The summed E-state index contributed by atoms with van der Waals surface area (Å²) in [5.41, 5.74) is 1.83. The standard InChI is InChI=1S/C17H20FN3O/c1-2-3-4-9-20-16-10-13(11-19-12-16)17(22)21-15-7-5-14(18)6-8-15/h5-8,10-12,20H,2-4,9H2,1H3,(H,21,22). The summed E-state index contributed by atoms with van der Waals surface area (Å²) in [5.74, 6) is -0.603. The number of carbonyl (C=O) groups excluding carboxylic acids is 1. The number of benzene rings is 1. The van der Waals surface area contributed by atoms with E-state index >= 15 is 0 Å². The molecule has 0 aliphatic heterocycles. The molecule has 5 heteroatoms. The van der Waals surface area contributed by atoms with Crippen LogP contribution in [0.25, 0.3) is 0 Å². The van der Waals surface area contributed by atoms with Gasteiger partial charge in [-0.15, -0.1) is 0 Å². The van der Waals surface area contributed by atoms with Crippen molar-refractivity contribution in [1.29, 1.82) is 0 Å². The molecule has 0 aliphatic rings. The van der Waals surface area contributed by atoms with Crippen molar-refractivity contribution in [2.45, 2.75) is 26.2 Å². The van der Waals surface area contributed by atoms with Gasteiger partial charge in [0.15, 0.2) is 0 Å². The molecule has 0 spiro atoms. The van der Waals surface area contributed by atoms with Gasteiger partial charge in [0, 0.05) is 24.6 Å². The number of amides is 1. The van der Waals surface area contributed by atoms with Crippen molar-refractivity contribution < 1.29 is 9.18 Å². The smallest absolute Gasteiger partial charge is 0.257 e. The zero-order valence-corrected chi connectivity index (χ0v) is 12.6. The van der Waals surface area contributed by atoms with Crippen molar-refractivity contribution >= 4 is 17.3 Å². The molecule has 0 bridgehead atoms. The Balaban J connectivity index is 1.96. The van der Waals surface area contributed by atoms with Crippen LogP contribution in [0, 0.1) is 5.82 Å². The number of rotatable bonds is 7. The van der Waals surface area contributed by atoms with Crippen molar-refractivity contribution in [2.24, 2.45) is 0 Å². The second-order valence-electron chi connectivity index (χ2n) is 5.06. The minimum Gasteiger partial charge on any atom is -0.384 e. The van der Waals surface area contributed by atoms with Gasteiger partial charge >= 0.3 is 0 Å². The molecule has 0 fully saturated rings. The van der Waals surface area contributed by atoms with Crippen LogP contribution < -0.4 is 10.6 Å². The van der Waals surface area contributed by atoms with Crippen LogP contribution in [0.5, 0.6) is 0 Å². The van der Waals surface area contributed by atoms with Gasteiger partial charge in [-0.3, -0.25) is 9.78 Å². The Kier molecular flexibility index (Phi) is 5.89. The lowest BCUT2D eigenvalue weighted by molar-refractivity contribution is 0.102. The van der Waals surface area contributed by atoms with Crippen LogP contribution in [0.1, 0.15) is 36.5 Å². The Labute approximate surface area is 129 Å². The normalized spacial score (nSPS) is 10.3. The van der Waals surface area contributed by atoms with Crippen molar-refractivity contribution in [1.82, 2.24) is 4.98 Å². The molecule has 0 atom stereocenters. The summed E-state index contributed by atoms with van der Waals surface area (Å²) in [6.07, 6.45) is 6.63. The van der Waals surface area contributed by atoms with Crippen molar-refractivity contribution in [3.05, 3.63) is 54.1 Å². The first-order chi connectivity index (χ1) is 10.7. The van der Waals surface area contributed by atoms with Crippen molar-refractivity contribution in [2.75, 3.05) is 17.2 Å². The van der Waals surface area contributed by atoms with Crippen LogP contribution >= 0.6 is 0 Å². The maximum atomic E-state index is 12.8. The summed E-state index contributed by atoms with van der Waals surface area (Å²) in [5, 5.41) is 5.97. The fraction of sp³-hybridized carbons (Fsp3) is 0.294. The predicted octanol–water partition coefficient (Wildman–Crippen LogP) is 4.08. The van der Waals surface area contributed by atoms with Crippen LogP contribution in [0.2, 0.25) is 0 Å². The molecular formula is C17H20FN3O. The van der Waals surface area contributed by atoms with Crippen LogP contribution in [-0.2, 0) is 0 Å². The third-order valence-electron chi connectivity index (χ3n) is 3.21. The number of aromatic nitrogens is 1. The minimum atomic E-state index is -0.335. The molecule has 2 rings (SSSR count). The van der Waals surface area contributed by atoms with Gasteiger partial charge in [-0.2, -0.15) is 0 Å². The molecule has 0 saturated carbocycles. The van der Waals surface area contributed by atoms with Gasteiger partial charge in [0.25, 0.3) is 5.91 Å². The number of unbranched alkanes of at least 4 members (excludes halogenated alkanes) is 2. The lowest BCUT2D eigenvalue weighted by Crippen LogP contribution is -2.13. The number of carbonyl (C=O) groups is 1. The molecule has 0 unspecified atom stereocenters. The molecule has 4 nitrogen and oxygen atoms in total. The number of hydrogen-bond donors (Lipinski definition) is 2. The van der Waals surface area contributed by atoms with E-state index in [1.54, 1.807) is 12.3 Å². The van der Waals surface area contributed by atoms with Crippen LogP contribution in [0.15, 0.2) is 42.7 Å². The Morgan fingerprint density at radius 3 is 2.64 bits per heavy atom. The first kappa shape index (κ1) is 15.9. The second kappa shape index (κ2) is 8.12. The summed E-state index contributed by atoms with van der Waals surface area (Å²) in [6, 6.07) is 7.41. The van der Waals surface area contributed by atoms with E-state index in [0.717, 1.165) is 18.7 Å². The van der Waals surface area contributed by atoms with E-state index in [-0.39, 0.29) is 11.7 Å². The molecule has 1 aromatic carbocycles. The minimum absolute atomic E-state index is 0.267. The van der Waals surface area contributed by atoms with E-state index in [1.165, 1.54) is 43.3 Å². The average Bonchev–Trinajstić information content (AvgIpc) is 2.54. The number of nitrogens with zero attached hydrogens (tertiary/aromatic N) is 1. The van der Waals surface area contributed by atoms with E-state index in [4.69, 9.17) is 0 Å². The third-order valence-corrected chi connectivity index (χ3v) is 3.21. The van der Waals surface area contributed by atoms with Gasteiger partial charge in [-0.1, -0.05) is 19.8 Å². The zero-order chi connectivity index (χ0) is 15.8. The summed E-state index contributed by atoms with van der Waals surface area (Å²) < 4.78 is 12.8. The average molecular weight is 301 g/mol. The highest BCUT2D eigenvalue weighted by atomic mass is 19.1. The third kappa shape index (κ3) is 4.84. The Hall–Kier alpha value is -2.43. The molecule has 0 aliphatic carbocycles. The van der Waals surface area contributed by atoms with Gasteiger partial charge in [0.1, 0.15) is 5.82 Å². The van der Waals surface area contributed by atoms with Gasteiger partial charge in [-0.25, -0.2) is 4.39 Å². The molecule has 22 heavy (non-hydrogen) atoms. The van der Waals surface area contributed by atoms with Gasteiger partial charge in [-0.05, 0) is 36.8 Å². The number of pyridine rings is 1. The number of halogens is 1. The second-order valence-corrected chi connectivity index (χ2v) is 5.06. The number of hydrogen-bond acceptors (Lipinski definition) is 3. The van der Waals surface area contributed by atoms with Gasteiger partial charge in [0.05, 0.1) is 11.3 Å². The fourth-order valence-corrected chi connectivity index (χ4v) is 2.00. The first-order valence-electron chi connectivity index (χ1n) is 7.45. The highest BCUT2D eigenvalue weighted by molar-refractivity contribution is 6.04. The maximum absolute atomic E-state index is 12.8. The Bertz CT molecular complexity index is 614. The molecule has 0 radical (unpaired) electrons. The summed E-state index contributed by atoms with van der Waals surface area (Å²) in [4.78, 5) is 16.2. The molecule has 1 heterocycles. The summed E-state index contributed by atoms with van der Waals surface area (Å²) in [6.45, 7) is 3.01. The van der Waals surface area contributed by atoms with E-state index < -0.39 is 0 Å². The highest BCUT2D eigenvalue weighted by Gasteiger charge is 2.07. The topological polar surface area (TPSA) is 54.0 Å². The maximum Gasteiger partial charge on any atom is 0.257 e. The number of anilines is 2. The van der Waals surface area contributed by atoms with Crippen LogP contribution in [0.4, 0.5) is 15.8 Å². The van der Waals surface area contributed by atoms with Crippen molar-refractivity contribution in [3.63, 3.8) is 0 Å². The molecule has 116 valence electrons. The fourth-order valence-electron chi connectivity index (χ4n) is 2.00. The predicted molar refractivity (Wildman–Crippen MR) is 86.6 cm³/mol.